The zero-order valence-electron chi connectivity index (χ0n) is 65.9. The maximum Gasteiger partial charge on any atom is 0.223 e. The van der Waals surface area contributed by atoms with E-state index in [0.717, 1.165) is 224 Å². The summed E-state index contributed by atoms with van der Waals surface area (Å²) < 4.78 is 26.8. The molecule has 0 spiro atoms. The second kappa shape index (κ2) is 26.0. The van der Waals surface area contributed by atoms with Crippen molar-refractivity contribution in [2.24, 2.45) is 0 Å². The fourth-order valence-corrected chi connectivity index (χ4v) is 19.1. The number of aromatic nitrogens is 20. The van der Waals surface area contributed by atoms with E-state index in [1.807, 2.05) is 48.5 Å². The van der Waals surface area contributed by atoms with E-state index in [-0.39, 0.29) is 0 Å². The number of rotatable bonds is 6. The molecule has 16 aromatic carbocycles. The second-order valence-electron chi connectivity index (χ2n) is 31.4. The number of nitrogens with zero attached hydrogens (tertiary/aromatic N) is 20. The van der Waals surface area contributed by atoms with Gasteiger partial charge in [0.15, 0.2) is 0 Å². The highest BCUT2D eigenvalue weighted by molar-refractivity contribution is 5.99. The molecule has 0 aliphatic rings. The molecule has 124 heavy (non-hydrogen) atoms. The van der Waals surface area contributed by atoms with E-state index in [1.165, 1.54) is 0 Å². The van der Waals surface area contributed by atoms with Gasteiger partial charge in [0.2, 0.25) is 46.2 Å². The summed E-state index contributed by atoms with van der Waals surface area (Å²) in [6, 6.07) is 135. The zero-order valence-corrected chi connectivity index (χ0v) is 65.9. The summed E-state index contributed by atoms with van der Waals surface area (Å²) >= 11 is 0. The first-order valence-corrected chi connectivity index (χ1v) is 41.3. The minimum Gasteiger partial charge on any atom is -0.276 e. The van der Waals surface area contributed by atoms with Gasteiger partial charge in [0.05, 0.1) is 155 Å². The van der Waals surface area contributed by atoms with Crippen LogP contribution >= 0.6 is 0 Å². The van der Waals surface area contributed by atoms with Crippen molar-refractivity contribution in [3.63, 3.8) is 0 Å². The van der Waals surface area contributed by atoms with E-state index in [1.54, 1.807) is 0 Å². The number of hydrogen-bond acceptors (Lipinski definition) is 8. The van der Waals surface area contributed by atoms with Crippen LogP contribution in [0.1, 0.15) is 0 Å². The number of benzene rings is 16. The van der Waals surface area contributed by atoms with Crippen molar-refractivity contribution in [2.45, 2.75) is 0 Å². The summed E-state index contributed by atoms with van der Waals surface area (Å²) in [5.74, 6) is 6.17. The molecule has 12 heterocycles. The number of fused-ring (bicyclic) bond motifs is 36. The Hall–Kier alpha value is -17.5. The van der Waals surface area contributed by atoms with Crippen LogP contribution in [0.25, 0.3) is 224 Å². The van der Waals surface area contributed by atoms with Crippen LogP contribution in [0, 0.1) is 0 Å². The Balaban J connectivity index is 0.000000130. The molecule has 28 aromatic rings. The van der Waals surface area contributed by atoms with E-state index in [4.69, 9.17) is 39.9 Å². The third-order valence-electron chi connectivity index (χ3n) is 24.5. The van der Waals surface area contributed by atoms with Crippen LogP contribution in [0.2, 0.25) is 0 Å². The Morgan fingerprint density at radius 3 is 0.468 bits per heavy atom. The van der Waals surface area contributed by atoms with Crippen LogP contribution in [-0.4, -0.2) is 93.3 Å². The minimum atomic E-state index is 0.764. The van der Waals surface area contributed by atoms with Crippen LogP contribution in [0.3, 0.4) is 0 Å². The van der Waals surface area contributed by atoms with Crippen LogP contribution in [0.5, 0.6) is 0 Å². The predicted molar refractivity (Wildman–Crippen MR) is 496 cm³/mol. The summed E-state index contributed by atoms with van der Waals surface area (Å²) in [7, 11) is 0. The molecular formula is C104H64N20. The lowest BCUT2D eigenvalue weighted by atomic mass is 10.0. The predicted octanol–water partition coefficient (Wildman–Crippen LogP) is 23.1. The number of hydrogen-bond donors (Lipinski definition) is 0. The molecule has 0 fully saturated rings. The Kier molecular flexibility index (Phi) is 14.1. The normalized spacial score (nSPS) is 12.2. The molecule has 0 aliphatic carbocycles. The van der Waals surface area contributed by atoms with Gasteiger partial charge in [-0.2, -0.15) is 0 Å². The molecule has 0 unspecified atom stereocenters. The molecule has 0 aliphatic heterocycles. The van der Waals surface area contributed by atoms with Gasteiger partial charge in [-0.15, -0.1) is 0 Å². The molecule has 20 nitrogen and oxygen atoms in total. The fourth-order valence-electron chi connectivity index (χ4n) is 19.1. The zero-order chi connectivity index (χ0) is 80.9. The summed E-state index contributed by atoms with van der Waals surface area (Å²) in [4.78, 5) is 42.4. The maximum absolute atomic E-state index is 5.33. The van der Waals surface area contributed by atoms with Gasteiger partial charge in [-0.1, -0.05) is 194 Å². The molecule has 12 aromatic heterocycles. The third kappa shape index (κ3) is 9.77. The minimum absolute atomic E-state index is 0.764. The summed E-state index contributed by atoms with van der Waals surface area (Å²) in [6.45, 7) is 0. The Morgan fingerprint density at radius 1 is 0.121 bits per heavy atom. The maximum atomic E-state index is 5.33. The van der Waals surface area contributed by atoms with Gasteiger partial charge >= 0.3 is 0 Å². The lowest BCUT2D eigenvalue weighted by Crippen LogP contribution is -2.03. The van der Waals surface area contributed by atoms with E-state index >= 15 is 0 Å². The van der Waals surface area contributed by atoms with Crippen LogP contribution in [0.4, 0.5) is 0 Å². The SMILES string of the molecule is c1cc(-c2cccc(-n3c4nc5ccccc5n4c4ccccc4n4c5ccccc5nc34)c2)cc(-n2c3nc4ccccc4n3c3ccccc3n3c4ccccc4nc23)c1.c1ccc2c(c1)nc1n(-c3ccc(-c4ccc(-n5c6nc7ccccc7n6c6ccccc6n6c7ccccc7nc56)cc4)cc3)c3nc4ccccc4n3c3ccccc3n21. The van der Waals surface area contributed by atoms with Gasteiger partial charge < -0.3 is 0 Å². The molecule has 20 heteroatoms. The van der Waals surface area contributed by atoms with E-state index in [0.29, 0.717) is 0 Å². The van der Waals surface area contributed by atoms with Gasteiger partial charge in [0, 0.05) is 0 Å². The second-order valence-corrected chi connectivity index (χ2v) is 31.4. The van der Waals surface area contributed by atoms with Gasteiger partial charge in [-0.05, 0) is 216 Å². The Morgan fingerprint density at radius 2 is 0.282 bits per heavy atom. The molecule has 0 saturated heterocycles. The highest BCUT2D eigenvalue weighted by Gasteiger charge is 2.26. The molecule has 0 atom stereocenters. The average Bonchev–Trinajstić information content (AvgIpc) is 1.57. The molecule has 0 radical (unpaired) electrons. The van der Waals surface area contributed by atoms with Crippen molar-refractivity contribution in [3.8, 4) is 45.0 Å². The average molecular weight is 1590 g/mol. The van der Waals surface area contributed by atoms with Crippen molar-refractivity contribution < 1.29 is 0 Å². The molecule has 0 N–H and O–H groups in total. The van der Waals surface area contributed by atoms with E-state index in [9.17, 15) is 0 Å². The van der Waals surface area contributed by atoms with Gasteiger partial charge in [0.25, 0.3) is 0 Å². The van der Waals surface area contributed by atoms with Crippen molar-refractivity contribution in [1.82, 2.24) is 93.3 Å². The van der Waals surface area contributed by atoms with Crippen molar-refractivity contribution in [3.05, 3.63) is 388 Å². The highest BCUT2D eigenvalue weighted by Crippen LogP contribution is 2.39. The van der Waals surface area contributed by atoms with Crippen LogP contribution < -0.4 is 0 Å². The highest BCUT2D eigenvalue weighted by atomic mass is 15.3. The van der Waals surface area contributed by atoms with Crippen molar-refractivity contribution in [2.75, 3.05) is 0 Å². The topological polar surface area (TPSA) is 158 Å². The van der Waals surface area contributed by atoms with Crippen LogP contribution in [-0.2, 0) is 0 Å². The third-order valence-corrected chi connectivity index (χ3v) is 24.5. The lowest BCUT2D eigenvalue weighted by Gasteiger charge is -2.12. The monoisotopic (exact) mass is 1590 g/mol. The van der Waals surface area contributed by atoms with Crippen LogP contribution in [0.15, 0.2) is 388 Å². The molecule has 0 bridgehead atoms. The Labute approximate surface area is 700 Å². The first-order chi connectivity index (χ1) is 61.5. The largest absolute Gasteiger partial charge is 0.276 e. The molecule has 28 rings (SSSR count). The number of para-hydroxylation sites is 24. The number of imidazole rings is 8. The summed E-state index contributed by atoms with van der Waals surface area (Å²) in [5.41, 5.74) is 31.9. The summed E-state index contributed by atoms with van der Waals surface area (Å²) in [6.07, 6.45) is 0. The smallest absolute Gasteiger partial charge is 0.223 e. The van der Waals surface area contributed by atoms with Gasteiger partial charge in [-0.3, -0.25) is 35.2 Å². The standard InChI is InChI=1S/2C52H32N10/c1-5-23-41-37(19-1)53-49-57(50-54-38-20-2-6-24-42(38)60(50)46-28-10-9-27-45(46)59(41)49)35-17-13-15-33(31-35)34-16-14-18-36(32-34)58-51-55-39-21-3-7-25-43(39)61(51)47-29-11-12-30-48(47)62-44-26-8-4-22-40(44)56-52(58)62;1-5-17-41-37(13-1)53-49-57(50-54-38-14-2-6-18-42(38)60(50)46-22-10-9-21-45(46)59(41)49)35-29-25-33(26-30-35)34-27-31-36(32-28-34)58-51-55-39-15-3-7-19-43(39)61(51)47-23-11-12-24-48(47)62-44-20-8-4-16-40(44)56-52(58)62/h2*1-32H. The lowest BCUT2D eigenvalue weighted by molar-refractivity contribution is 1.02. The van der Waals surface area contributed by atoms with Gasteiger partial charge in [-0.25, -0.2) is 58.1 Å². The van der Waals surface area contributed by atoms with E-state index < -0.39 is 0 Å². The molecule has 0 amide bonds. The Bertz CT molecular complexity index is 8560. The summed E-state index contributed by atoms with van der Waals surface area (Å²) in [5, 5.41) is 0. The molecule has 580 valence electrons. The van der Waals surface area contributed by atoms with Gasteiger partial charge in [0.1, 0.15) is 0 Å². The van der Waals surface area contributed by atoms with Crippen molar-refractivity contribution in [1.29, 1.82) is 0 Å². The molecule has 0 saturated carbocycles. The first kappa shape index (κ1) is 67.5. The first-order valence-electron chi connectivity index (χ1n) is 41.3. The molecular weight excluding hydrogens is 1530 g/mol. The quantitative estimate of drug-likeness (QED) is 0.159. The van der Waals surface area contributed by atoms with E-state index in [2.05, 4.69) is 393 Å². The fraction of sp³-hybridized carbons (Fsp3) is 0. The van der Waals surface area contributed by atoms with Crippen molar-refractivity contribution >= 4 is 179 Å².